The number of nitrogens with one attached hydrogen (secondary N) is 1. The average molecular weight is 967 g/mol. The third-order valence-corrected chi connectivity index (χ3v) is 14.1. The van der Waals surface area contributed by atoms with Gasteiger partial charge in [-0.15, -0.1) is 0 Å². The van der Waals surface area contributed by atoms with Crippen molar-refractivity contribution < 1.29 is 32.9 Å². The molecule has 0 rings (SSSR count). The van der Waals surface area contributed by atoms with Gasteiger partial charge in [0.1, 0.15) is 13.2 Å². The quantitative estimate of drug-likeness (QED) is 0.0243. The number of nitrogens with zero attached hydrogens (tertiary/aromatic N) is 1. The summed E-state index contributed by atoms with van der Waals surface area (Å²) in [4.78, 5) is 23.3. The number of carbonyl (C=O) groups excluding carboxylic acids is 1. The van der Waals surface area contributed by atoms with Crippen molar-refractivity contribution in [1.29, 1.82) is 0 Å². The molecule has 3 unspecified atom stereocenters. The molecule has 3 N–H and O–H groups in total. The predicted octanol–water partition coefficient (Wildman–Crippen LogP) is 17.4. The summed E-state index contributed by atoms with van der Waals surface area (Å²) in [6.45, 7) is 4.83. The van der Waals surface area contributed by atoms with Crippen molar-refractivity contribution in [1.82, 2.24) is 5.32 Å². The van der Waals surface area contributed by atoms with Crippen LogP contribution in [0.2, 0.25) is 0 Å². The molecule has 0 saturated heterocycles. The van der Waals surface area contributed by atoms with Gasteiger partial charge in [-0.05, 0) is 44.9 Å². The van der Waals surface area contributed by atoms with Crippen molar-refractivity contribution in [3.63, 3.8) is 0 Å². The Hall–Kier alpha value is -1.28. The standard InChI is InChI=1S/C58H113N2O6P/c1-6-8-10-12-14-16-18-20-22-24-26-28-30-32-34-36-38-40-42-44-46-48-50-52-58(62)59-56(55-66-67(63,64)65-54-53-60(3,4)5)57(61)51-49-47-45-43-41-39-37-35-33-31-29-27-25-23-21-19-17-15-13-11-9-7-2/h33,35,41,43,49,51,56-57,61H,6-32,34,36-40,42,44-48,50,52-55H2,1-5H3,(H-,59,62,63,64)/p+1/b35-33+,43-41+,51-49+. The molecular formula is C58H114N2O6P+. The van der Waals surface area contributed by atoms with Crippen LogP contribution in [0.25, 0.3) is 0 Å². The van der Waals surface area contributed by atoms with E-state index in [1.807, 2.05) is 27.2 Å². The molecule has 0 aliphatic rings. The second kappa shape index (κ2) is 49.7. The van der Waals surface area contributed by atoms with E-state index in [2.05, 4.69) is 43.5 Å². The van der Waals surface area contributed by atoms with Crippen LogP contribution in [0.3, 0.4) is 0 Å². The molecule has 0 fully saturated rings. The molecule has 0 aliphatic heterocycles. The van der Waals surface area contributed by atoms with Gasteiger partial charge in [-0.2, -0.15) is 0 Å². The van der Waals surface area contributed by atoms with Gasteiger partial charge in [0.2, 0.25) is 5.91 Å². The normalized spacial score (nSPS) is 14.2. The maximum Gasteiger partial charge on any atom is 0.472 e. The number of likely N-dealkylation sites (N-methyl/N-ethyl adjacent to an activating group) is 1. The number of allylic oxidation sites excluding steroid dienone is 5. The molecule has 9 heteroatoms. The Bertz CT molecular complexity index is 1190. The van der Waals surface area contributed by atoms with Gasteiger partial charge in [0.15, 0.2) is 0 Å². The van der Waals surface area contributed by atoms with Gasteiger partial charge in [0, 0.05) is 6.42 Å². The number of aliphatic hydroxyl groups is 1. The molecule has 0 saturated carbocycles. The first-order valence-electron chi connectivity index (χ1n) is 28.9. The van der Waals surface area contributed by atoms with Crippen LogP contribution in [0.1, 0.15) is 277 Å². The minimum absolute atomic E-state index is 0.0551. The van der Waals surface area contributed by atoms with Crippen LogP contribution in [0.15, 0.2) is 36.5 Å². The van der Waals surface area contributed by atoms with Crippen LogP contribution in [0.4, 0.5) is 0 Å². The number of quaternary nitrogens is 1. The van der Waals surface area contributed by atoms with Gasteiger partial charge in [-0.3, -0.25) is 13.8 Å². The van der Waals surface area contributed by atoms with Gasteiger partial charge in [-0.1, -0.05) is 262 Å². The van der Waals surface area contributed by atoms with Gasteiger partial charge in [0.25, 0.3) is 0 Å². The molecule has 0 aromatic rings. The minimum atomic E-state index is -4.36. The number of phosphoric ester groups is 1. The van der Waals surface area contributed by atoms with Gasteiger partial charge >= 0.3 is 7.82 Å². The van der Waals surface area contributed by atoms with E-state index in [9.17, 15) is 19.4 Å². The zero-order chi connectivity index (χ0) is 49.2. The van der Waals surface area contributed by atoms with E-state index in [4.69, 9.17) is 9.05 Å². The Morgan fingerprint density at radius 3 is 1.19 bits per heavy atom. The zero-order valence-corrected chi connectivity index (χ0v) is 46.0. The Balaban J connectivity index is 4.26. The zero-order valence-electron chi connectivity index (χ0n) is 45.2. The van der Waals surface area contributed by atoms with E-state index in [1.165, 1.54) is 212 Å². The molecule has 8 nitrogen and oxygen atoms in total. The lowest BCUT2D eigenvalue weighted by atomic mass is 10.0. The SMILES string of the molecule is CCCCCCCCCCCCCC/C=C/CC/C=C/CC/C=C/C(O)C(COP(=O)(O)OCC[N+](C)(C)C)NC(=O)CCCCCCCCCCCCCCCCCCCCCCCCC. The molecule has 396 valence electrons. The highest BCUT2D eigenvalue weighted by Crippen LogP contribution is 2.43. The maximum atomic E-state index is 13.0. The van der Waals surface area contributed by atoms with Gasteiger partial charge in [-0.25, -0.2) is 4.57 Å². The second-order valence-corrected chi connectivity index (χ2v) is 22.5. The van der Waals surface area contributed by atoms with E-state index in [-0.39, 0.29) is 19.1 Å². The molecule has 0 heterocycles. The summed E-state index contributed by atoms with van der Waals surface area (Å²) in [7, 11) is 1.56. The topological polar surface area (TPSA) is 105 Å². The van der Waals surface area contributed by atoms with Crippen molar-refractivity contribution in [3.8, 4) is 0 Å². The first kappa shape index (κ1) is 65.7. The van der Waals surface area contributed by atoms with Crippen molar-refractivity contribution in [3.05, 3.63) is 36.5 Å². The summed E-state index contributed by atoms with van der Waals surface area (Å²) in [6, 6.07) is -0.868. The molecule has 3 atom stereocenters. The summed E-state index contributed by atoms with van der Waals surface area (Å²) in [5.74, 6) is -0.186. The number of amides is 1. The Morgan fingerprint density at radius 2 is 0.821 bits per heavy atom. The fourth-order valence-corrected chi connectivity index (χ4v) is 9.28. The first-order chi connectivity index (χ1) is 32.5. The summed E-state index contributed by atoms with van der Waals surface area (Å²) in [5.41, 5.74) is 0. The third-order valence-electron chi connectivity index (χ3n) is 13.1. The minimum Gasteiger partial charge on any atom is -0.387 e. The van der Waals surface area contributed by atoms with Crippen molar-refractivity contribution in [2.75, 3.05) is 40.9 Å². The predicted molar refractivity (Wildman–Crippen MR) is 291 cm³/mol. The Morgan fingerprint density at radius 1 is 0.493 bits per heavy atom. The molecule has 0 bridgehead atoms. The summed E-state index contributed by atoms with van der Waals surface area (Å²) in [5, 5.41) is 13.9. The van der Waals surface area contributed by atoms with Gasteiger partial charge in [0.05, 0.1) is 39.9 Å². The number of rotatable bonds is 53. The fraction of sp³-hybridized carbons (Fsp3) is 0.879. The summed E-state index contributed by atoms with van der Waals surface area (Å²) in [6.07, 6.45) is 63.9. The highest BCUT2D eigenvalue weighted by molar-refractivity contribution is 7.47. The lowest BCUT2D eigenvalue weighted by molar-refractivity contribution is -0.870. The van der Waals surface area contributed by atoms with Crippen LogP contribution in [-0.4, -0.2) is 73.4 Å². The number of aliphatic hydroxyl groups excluding tert-OH is 1. The lowest BCUT2D eigenvalue weighted by Crippen LogP contribution is -2.45. The molecule has 0 aliphatic carbocycles. The molecule has 0 spiro atoms. The summed E-state index contributed by atoms with van der Waals surface area (Å²) < 4.78 is 23.7. The van der Waals surface area contributed by atoms with Crippen LogP contribution >= 0.6 is 7.82 Å². The van der Waals surface area contributed by atoms with E-state index in [0.717, 1.165) is 44.9 Å². The van der Waals surface area contributed by atoms with Crippen LogP contribution in [0, 0.1) is 0 Å². The Labute approximate surface area is 417 Å². The number of phosphoric acid groups is 1. The molecule has 67 heavy (non-hydrogen) atoms. The third kappa shape index (κ3) is 52.4. The largest absolute Gasteiger partial charge is 0.472 e. The van der Waals surface area contributed by atoms with Crippen LogP contribution in [-0.2, 0) is 18.4 Å². The Kier molecular flexibility index (Phi) is 48.7. The highest BCUT2D eigenvalue weighted by Gasteiger charge is 2.27. The van der Waals surface area contributed by atoms with E-state index in [0.29, 0.717) is 17.4 Å². The van der Waals surface area contributed by atoms with E-state index >= 15 is 0 Å². The number of hydrogen-bond acceptors (Lipinski definition) is 5. The van der Waals surface area contributed by atoms with Crippen LogP contribution < -0.4 is 5.32 Å². The maximum absolute atomic E-state index is 13.0. The van der Waals surface area contributed by atoms with E-state index in [1.54, 1.807) is 6.08 Å². The number of carbonyl (C=O) groups is 1. The fourth-order valence-electron chi connectivity index (χ4n) is 8.55. The molecule has 1 amide bonds. The highest BCUT2D eigenvalue weighted by atomic mass is 31.2. The monoisotopic (exact) mass is 966 g/mol. The van der Waals surface area contributed by atoms with Crippen molar-refractivity contribution >= 4 is 13.7 Å². The number of hydrogen-bond donors (Lipinski definition) is 3. The molecule has 0 aromatic heterocycles. The lowest BCUT2D eigenvalue weighted by Gasteiger charge is -2.25. The van der Waals surface area contributed by atoms with Crippen LogP contribution in [0.5, 0.6) is 0 Å². The average Bonchev–Trinajstić information content (AvgIpc) is 3.29. The molecule has 0 aromatic carbocycles. The number of unbranched alkanes of at least 4 members (excludes halogenated alkanes) is 36. The first-order valence-corrected chi connectivity index (χ1v) is 30.4. The van der Waals surface area contributed by atoms with E-state index < -0.39 is 20.0 Å². The van der Waals surface area contributed by atoms with Crippen molar-refractivity contribution in [2.24, 2.45) is 0 Å². The smallest absolute Gasteiger partial charge is 0.387 e. The van der Waals surface area contributed by atoms with Crippen molar-refractivity contribution in [2.45, 2.75) is 289 Å². The molecular weight excluding hydrogens is 852 g/mol. The second-order valence-electron chi connectivity index (χ2n) is 21.0. The van der Waals surface area contributed by atoms with Gasteiger partial charge < -0.3 is 19.8 Å². The molecule has 0 radical (unpaired) electrons. The summed E-state index contributed by atoms with van der Waals surface area (Å²) >= 11 is 0.